The smallest absolute Gasteiger partial charge is 0.150 e. The lowest BCUT2D eigenvalue weighted by Crippen LogP contribution is -2.17. The molecular weight excluding hydrogens is 188 g/mol. The molecule has 1 aromatic rings. The van der Waals surface area contributed by atoms with Crippen molar-refractivity contribution in [2.24, 2.45) is 0 Å². The average Bonchev–Trinajstić information content (AvgIpc) is 2.15. The lowest BCUT2D eigenvalue weighted by molar-refractivity contribution is 0.0976. The van der Waals surface area contributed by atoms with Gasteiger partial charge in [0, 0.05) is 11.1 Å². The molecule has 0 heterocycles. The van der Waals surface area contributed by atoms with Gasteiger partial charge in [-0.05, 0) is 26.8 Å². The molecule has 1 rings (SSSR count). The minimum absolute atomic E-state index is 0.270. The van der Waals surface area contributed by atoms with Gasteiger partial charge < -0.3 is 4.74 Å². The number of aldehydes is 1. The van der Waals surface area contributed by atoms with Crippen molar-refractivity contribution < 1.29 is 9.53 Å². The third-order valence-corrected chi connectivity index (χ3v) is 1.77. The number of hydrogen-bond acceptors (Lipinski definition) is 2. The Morgan fingerprint density at radius 1 is 1.40 bits per heavy atom. The summed E-state index contributed by atoms with van der Waals surface area (Å²) in [7, 11) is 0. The summed E-state index contributed by atoms with van der Waals surface area (Å²) in [4.78, 5) is 10.6. The monoisotopic (exact) mass is 204 g/mol. The summed E-state index contributed by atoms with van der Waals surface area (Å²) < 4.78 is 5.61. The fraction of sp³-hybridized carbons (Fsp3) is 0.308. The van der Waals surface area contributed by atoms with Crippen LogP contribution in [0.5, 0.6) is 0 Å². The van der Waals surface area contributed by atoms with Crippen molar-refractivity contribution in [2.75, 3.05) is 0 Å². The SMILES string of the molecule is C=C(OC(C)(C)C)c1cccc(C=O)c1. The normalized spacial score (nSPS) is 10.9. The summed E-state index contributed by atoms with van der Waals surface area (Å²) in [5, 5.41) is 0. The number of ether oxygens (including phenoxy) is 1. The van der Waals surface area contributed by atoms with E-state index < -0.39 is 0 Å². The highest BCUT2D eigenvalue weighted by Crippen LogP contribution is 2.21. The van der Waals surface area contributed by atoms with Crippen molar-refractivity contribution in [3.8, 4) is 0 Å². The maximum absolute atomic E-state index is 10.6. The van der Waals surface area contributed by atoms with E-state index >= 15 is 0 Å². The Hall–Kier alpha value is -1.57. The van der Waals surface area contributed by atoms with Gasteiger partial charge in [-0.3, -0.25) is 4.79 Å². The maximum Gasteiger partial charge on any atom is 0.150 e. The van der Waals surface area contributed by atoms with Gasteiger partial charge in [0.15, 0.2) is 0 Å². The van der Waals surface area contributed by atoms with Gasteiger partial charge in [0.2, 0.25) is 0 Å². The lowest BCUT2D eigenvalue weighted by atomic mass is 10.1. The molecular formula is C13H16O2. The van der Waals surface area contributed by atoms with E-state index in [1.807, 2.05) is 32.9 Å². The second kappa shape index (κ2) is 4.30. The molecule has 2 heteroatoms. The summed E-state index contributed by atoms with van der Waals surface area (Å²) in [6.45, 7) is 9.73. The van der Waals surface area contributed by atoms with Crippen LogP contribution in [-0.2, 0) is 4.74 Å². The molecule has 0 radical (unpaired) electrons. The summed E-state index contributed by atoms with van der Waals surface area (Å²) in [6, 6.07) is 7.21. The molecule has 0 amide bonds. The Morgan fingerprint density at radius 3 is 2.60 bits per heavy atom. The molecule has 0 aliphatic heterocycles. The molecule has 0 aromatic heterocycles. The fourth-order valence-corrected chi connectivity index (χ4v) is 1.21. The molecule has 0 saturated heterocycles. The first-order chi connectivity index (χ1) is 6.92. The van der Waals surface area contributed by atoms with Gasteiger partial charge in [0.25, 0.3) is 0 Å². The highest BCUT2D eigenvalue weighted by Gasteiger charge is 2.13. The minimum atomic E-state index is -0.270. The van der Waals surface area contributed by atoms with Gasteiger partial charge >= 0.3 is 0 Å². The first-order valence-corrected chi connectivity index (χ1v) is 4.86. The summed E-state index contributed by atoms with van der Waals surface area (Å²) >= 11 is 0. The number of benzene rings is 1. The molecule has 80 valence electrons. The van der Waals surface area contributed by atoms with Crippen LogP contribution in [0.4, 0.5) is 0 Å². The second-order valence-corrected chi connectivity index (χ2v) is 4.38. The van der Waals surface area contributed by atoms with Crippen LogP contribution in [0.1, 0.15) is 36.7 Å². The molecule has 1 aromatic carbocycles. The first kappa shape index (κ1) is 11.5. The van der Waals surface area contributed by atoms with Crippen molar-refractivity contribution in [3.05, 3.63) is 42.0 Å². The van der Waals surface area contributed by atoms with Crippen LogP contribution in [0.3, 0.4) is 0 Å². The number of carbonyl (C=O) groups excluding carboxylic acids is 1. The summed E-state index contributed by atoms with van der Waals surface area (Å²) in [6.07, 6.45) is 0.813. The van der Waals surface area contributed by atoms with Crippen LogP contribution in [0.15, 0.2) is 30.8 Å². The Kier molecular flexibility index (Phi) is 3.30. The first-order valence-electron chi connectivity index (χ1n) is 4.86. The Bertz CT molecular complexity index is 372. The molecule has 0 N–H and O–H groups in total. The molecule has 0 aliphatic rings. The van der Waals surface area contributed by atoms with E-state index in [2.05, 4.69) is 6.58 Å². The molecule has 0 atom stereocenters. The van der Waals surface area contributed by atoms with Crippen LogP contribution >= 0.6 is 0 Å². The van der Waals surface area contributed by atoms with Gasteiger partial charge in [-0.2, -0.15) is 0 Å². The third-order valence-electron chi connectivity index (χ3n) is 1.77. The number of hydrogen-bond donors (Lipinski definition) is 0. The van der Waals surface area contributed by atoms with Gasteiger partial charge in [0.05, 0.1) is 0 Å². The maximum atomic E-state index is 10.6. The van der Waals surface area contributed by atoms with E-state index in [1.165, 1.54) is 0 Å². The topological polar surface area (TPSA) is 26.3 Å². The van der Waals surface area contributed by atoms with Crippen molar-refractivity contribution in [3.63, 3.8) is 0 Å². The standard InChI is InChI=1S/C13H16O2/c1-10(15-13(2,3)4)12-7-5-6-11(8-12)9-14/h5-9H,1H2,2-4H3. The van der Waals surface area contributed by atoms with E-state index in [1.54, 1.807) is 12.1 Å². The predicted molar refractivity (Wildman–Crippen MR) is 61.7 cm³/mol. The fourth-order valence-electron chi connectivity index (χ4n) is 1.21. The van der Waals surface area contributed by atoms with Gasteiger partial charge in [-0.15, -0.1) is 0 Å². The van der Waals surface area contributed by atoms with Crippen LogP contribution in [0.2, 0.25) is 0 Å². The molecule has 0 bridgehead atoms. The highest BCUT2D eigenvalue weighted by molar-refractivity contribution is 5.77. The van der Waals surface area contributed by atoms with E-state index in [-0.39, 0.29) is 5.60 Å². The molecule has 15 heavy (non-hydrogen) atoms. The Morgan fingerprint density at radius 2 is 2.07 bits per heavy atom. The molecule has 0 spiro atoms. The van der Waals surface area contributed by atoms with Gasteiger partial charge in [-0.1, -0.05) is 24.8 Å². The van der Waals surface area contributed by atoms with E-state index in [9.17, 15) is 4.79 Å². The minimum Gasteiger partial charge on any atom is -0.488 e. The van der Waals surface area contributed by atoms with E-state index in [4.69, 9.17) is 4.74 Å². The predicted octanol–water partition coefficient (Wildman–Crippen LogP) is 3.28. The van der Waals surface area contributed by atoms with E-state index in [0.29, 0.717) is 11.3 Å². The molecule has 0 saturated carbocycles. The summed E-state index contributed by atoms with van der Waals surface area (Å²) in [5.41, 5.74) is 1.20. The van der Waals surface area contributed by atoms with Crippen LogP contribution in [0, 0.1) is 0 Å². The Labute approximate surface area is 90.6 Å². The highest BCUT2D eigenvalue weighted by atomic mass is 16.5. The zero-order valence-electron chi connectivity index (χ0n) is 9.41. The third kappa shape index (κ3) is 3.58. The molecule has 0 fully saturated rings. The number of carbonyl (C=O) groups is 1. The zero-order valence-corrected chi connectivity index (χ0v) is 9.41. The average molecular weight is 204 g/mol. The van der Waals surface area contributed by atoms with Crippen molar-refractivity contribution >= 4 is 12.0 Å². The lowest BCUT2D eigenvalue weighted by Gasteiger charge is -2.23. The molecule has 2 nitrogen and oxygen atoms in total. The second-order valence-electron chi connectivity index (χ2n) is 4.38. The zero-order chi connectivity index (χ0) is 11.5. The van der Waals surface area contributed by atoms with Gasteiger partial charge in [0.1, 0.15) is 17.6 Å². The Balaban J connectivity index is 2.87. The number of rotatable bonds is 3. The van der Waals surface area contributed by atoms with Crippen molar-refractivity contribution in [2.45, 2.75) is 26.4 Å². The molecule has 0 unspecified atom stereocenters. The summed E-state index contributed by atoms with van der Waals surface area (Å²) in [5.74, 6) is 0.589. The molecule has 0 aliphatic carbocycles. The van der Waals surface area contributed by atoms with Crippen LogP contribution in [-0.4, -0.2) is 11.9 Å². The quantitative estimate of drug-likeness (QED) is 0.558. The van der Waals surface area contributed by atoms with Crippen LogP contribution in [0.25, 0.3) is 5.76 Å². The largest absolute Gasteiger partial charge is 0.488 e. The van der Waals surface area contributed by atoms with Crippen molar-refractivity contribution in [1.29, 1.82) is 0 Å². The van der Waals surface area contributed by atoms with Crippen LogP contribution < -0.4 is 0 Å². The van der Waals surface area contributed by atoms with E-state index in [0.717, 1.165) is 11.8 Å². The van der Waals surface area contributed by atoms with Gasteiger partial charge in [-0.25, -0.2) is 0 Å². The van der Waals surface area contributed by atoms with Crippen molar-refractivity contribution in [1.82, 2.24) is 0 Å².